The molecule has 1 saturated carbocycles. The van der Waals surface area contributed by atoms with E-state index in [9.17, 15) is 9.59 Å². The quantitative estimate of drug-likeness (QED) is 0.309. The Morgan fingerprint density at radius 1 is 1.05 bits per heavy atom. The third-order valence-electron chi connectivity index (χ3n) is 7.61. The zero-order valence-corrected chi connectivity index (χ0v) is 22.5. The molecule has 1 aliphatic carbocycles. The van der Waals surface area contributed by atoms with E-state index in [4.69, 9.17) is 19.1 Å². The molecule has 2 fully saturated rings. The van der Waals surface area contributed by atoms with Crippen LogP contribution in [0.3, 0.4) is 0 Å². The van der Waals surface area contributed by atoms with Crippen LogP contribution in [0.5, 0.6) is 5.75 Å². The number of nitrogens with one attached hydrogen (secondary N) is 2. The van der Waals surface area contributed by atoms with Crippen molar-refractivity contribution in [3.63, 3.8) is 0 Å². The van der Waals surface area contributed by atoms with Crippen LogP contribution in [-0.4, -0.2) is 62.6 Å². The number of hydrogen-bond donors (Lipinski definition) is 2. The number of rotatable bonds is 6. The average Bonchev–Trinajstić information content (AvgIpc) is 3.62. The molecule has 0 unspecified atom stereocenters. The van der Waals surface area contributed by atoms with Gasteiger partial charge in [0, 0.05) is 55.3 Å². The smallest absolute Gasteiger partial charge is 0.412 e. The molecule has 2 aliphatic rings. The van der Waals surface area contributed by atoms with Crippen LogP contribution in [-0.2, 0) is 4.79 Å². The van der Waals surface area contributed by atoms with Crippen LogP contribution in [0.15, 0.2) is 65.4 Å². The maximum Gasteiger partial charge on any atom is 0.412 e. The van der Waals surface area contributed by atoms with Gasteiger partial charge in [-0.15, -0.1) is 0 Å². The summed E-state index contributed by atoms with van der Waals surface area (Å²) < 4.78 is 12.9. The molecule has 208 valence electrons. The van der Waals surface area contributed by atoms with Crippen molar-refractivity contribution in [1.82, 2.24) is 29.7 Å². The number of furan rings is 1. The molecule has 1 atom stereocenters. The standard InChI is InChI=1S/C30H29N7O4/c1-31-30(39)41-22-7-8-23-24(16-22)37(27(34-23)20-6-9-25-19(15-20)11-14-40-25)26-10-12-32-29(35-26)33-21-3-2-13-36(17-21)28(38)18-4-5-18/h6-12,14-16,18,21H,2-5,13,17H2,1H3,(H,31,39)(H,32,33,35)/t21-/m1/s1. The Morgan fingerprint density at radius 2 is 1.95 bits per heavy atom. The van der Waals surface area contributed by atoms with Crippen LogP contribution in [0, 0.1) is 5.92 Å². The monoisotopic (exact) mass is 551 g/mol. The lowest BCUT2D eigenvalue weighted by atomic mass is 10.1. The Balaban J connectivity index is 1.27. The average molecular weight is 552 g/mol. The molecule has 2 aromatic carbocycles. The number of benzene rings is 2. The summed E-state index contributed by atoms with van der Waals surface area (Å²) in [5.41, 5.74) is 3.09. The first-order valence-corrected chi connectivity index (χ1v) is 13.8. The molecule has 1 aliphatic heterocycles. The number of anilines is 1. The molecule has 0 bridgehead atoms. The van der Waals surface area contributed by atoms with Gasteiger partial charge in [-0.25, -0.2) is 14.8 Å². The predicted octanol–water partition coefficient (Wildman–Crippen LogP) is 4.76. The zero-order valence-electron chi connectivity index (χ0n) is 22.5. The van der Waals surface area contributed by atoms with Gasteiger partial charge in [0.1, 0.15) is 23.0 Å². The molecule has 0 radical (unpaired) electrons. The molecule has 4 heterocycles. The summed E-state index contributed by atoms with van der Waals surface area (Å²) in [6.45, 7) is 1.45. The molecule has 1 saturated heterocycles. The maximum absolute atomic E-state index is 12.7. The van der Waals surface area contributed by atoms with Crippen LogP contribution in [0.2, 0.25) is 0 Å². The van der Waals surface area contributed by atoms with Gasteiger partial charge in [0.25, 0.3) is 0 Å². The summed E-state index contributed by atoms with van der Waals surface area (Å²) in [6.07, 6.45) is 6.69. The number of fused-ring (bicyclic) bond motifs is 2. The molecule has 7 rings (SSSR count). The largest absolute Gasteiger partial charge is 0.464 e. The van der Waals surface area contributed by atoms with E-state index in [1.807, 2.05) is 45.9 Å². The number of amides is 2. The maximum atomic E-state index is 12.7. The highest BCUT2D eigenvalue weighted by Gasteiger charge is 2.35. The Morgan fingerprint density at radius 3 is 2.80 bits per heavy atom. The third-order valence-corrected chi connectivity index (χ3v) is 7.61. The molecule has 0 spiro atoms. The van der Waals surface area contributed by atoms with Gasteiger partial charge in [0.05, 0.1) is 17.3 Å². The predicted molar refractivity (Wildman–Crippen MR) is 153 cm³/mol. The van der Waals surface area contributed by atoms with Gasteiger partial charge < -0.3 is 24.7 Å². The minimum absolute atomic E-state index is 0.0664. The van der Waals surface area contributed by atoms with Crippen molar-refractivity contribution in [3.05, 3.63) is 61.0 Å². The highest BCUT2D eigenvalue weighted by Crippen LogP contribution is 2.33. The van der Waals surface area contributed by atoms with Crippen molar-refractivity contribution in [2.75, 3.05) is 25.5 Å². The third kappa shape index (κ3) is 4.94. The van der Waals surface area contributed by atoms with Gasteiger partial charge in [-0.3, -0.25) is 9.36 Å². The SMILES string of the molecule is CNC(=O)Oc1ccc2nc(-c3ccc4occc4c3)n(-c3ccnc(N[C@@H]4CCCN(C(=O)C5CC5)C4)n3)c2c1. The molecule has 2 N–H and O–H groups in total. The highest BCUT2D eigenvalue weighted by molar-refractivity contribution is 5.88. The second kappa shape index (κ2) is 10.2. The number of likely N-dealkylation sites (tertiary alicyclic amines) is 1. The second-order valence-electron chi connectivity index (χ2n) is 10.5. The van der Waals surface area contributed by atoms with E-state index in [0.717, 1.165) is 54.3 Å². The second-order valence-corrected chi connectivity index (χ2v) is 10.5. The lowest BCUT2D eigenvalue weighted by Crippen LogP contribution is -2.45. The Hall–Kier alpha value is -4.93. The number of hydrogen-bond acceptors (Lipinski definition) is 8. The molecule has 5 aromatic rings. The normalized spacial score (nSPS) is 17.1. The van der Waals surface area contributed by atoms with E-state index in [2.05, 4.69) is 15.6 Å². The molecule has 11 nitrogen and oxygen atoms in total. The summed E-state index contributed by atoms with van der Waals surface area (Å²) in [5, 5.41) is 6.89. The van der Waals surface area contributed by atoms with Crippen molar-refractivity contribution in [2.24, 2.45) is 5.92 Å². The van der Waals surface area contributed by atoms with E-state index in [-0.39, 0.29) is 17.9 Å². The number of carbonyl (C=O) groups excluding carboxylic acids is 2. The van der Waals surface area contributed by atoms with Crippen LogP contribution in [0.1, 0.15) is 25.7 Å². The Bertz CT molecular complexity index is 1770. The van der Waals surface area contributed by atoms with Gasteiger partial charge in [-0.1, -0.05) is 0 Å². The Labute approximate surface area is 235 Å². The summed E-state index contributed by atoms with van der Waals surface area (Å²) in [7, 11) is 1.51. The minimum Gasteiger partial charge on any atom is -0.464 e. The lowest BCUT2D eigenvalue weighted by Gasteiger charge is -2.33. The number of aromatic nitrogens is 4. The van der Waals surface area contributed by atoms with Gasteiger partial charge in [0.2, 0.25) is 11.9 Å². The van der Waals surface area contributed by atoms with Crippen LogP contribution in [0.4, 0.5) is 10.7 Å². The fraction of sp³-hybridized carbons (Fsp3) is 0.300. The first-order chi connectivity index (χ1) is 20.1. The molecule has 11 heteroatoms. The number of piperidine rings is 1. The molecular weight excluding hydrogens is 522 g/mol. The van der Waals surface area contributed by atoms with Crippen molar-refractivity contribution in [3.8, 4) is 23.0 Å². The number of nitrogens with zero attached hydrogens (tertiary/aromatic N) is 5. The number of ether oxygens (including phenoxy) is 1. The van der Waals surface area contributed by atoms with Gasteiger partial charge in [-0.05, 0) is 68.1 Å². The van der Waals surface area contributed by atoms with Crippen molar-refractivity contribution >= 4 is 40.0 Å². The lowest BCUT2D eigenvalue weighted by molar-refractivity contribution is -0.133. The van der Waals surface area contributed by atoms with Gasteiger partial charge in [0.15, 0.2) is 0 Å². The number of carbonyl (C=O) groups is 2. The minimum atomic E-state index is -0.559. The topological polar surface area (TPSA) is 127 Å². The summed E-state index contributed by atoms with van der Waals surface area (Å²) in [6, 6.07) is 15.0. The van der Waals surface area contributed by atoms with Crippen molar-refractivity contribution < 1.29 is 18.7 Å². The summed E-state index contributed by atoms with van der Waals surface area (Å²) >= 11 is 0. The first kappa shape index (κ1) is 25.1. The Kier molecular flexibility index (Phi) is 6.26. The van der Waals surface area contributed by atoms with E-state index >= 15 is 0 Å². The molecular formula is C30H29N7O4. The van der Waals surface area contributed by atoms with Gasteiger partial charge >= 0.3 is 6.09 Å². The van der Waals surface area contributed by atoms with Crippen molar-refractivity contribution in [1.29, 1.82) is 0 Å². The summed E-state index contributed by atoms with van der Waals surface area (Å²) in [4.78, 5) is 40.9. The molecule has 2 amide bonds. The molecule has 41 heavy (non-hydrogen) atoms. The van der Waals surface area contributed by atoms with E-state index in [1.165, 1.54) is 7.05 Å². The van der Waals surface area contributed by atoms with Crippen LogP contribution < -0.4 is 15.4 Å². The van der Waals surface area contributed by atoms with Gasteiger partial charge in [-0.2, -0.15) is 4.98 Å². The summed E-state index contributed by atoms with van der Waals surface area (Å²) in [5.74, 6) is 2.61. The van der Waals surface area contributed by atoms with Crippen LogP contribution >= 0.6 is 0 Å². The fourth-order valence-corrected chi connectivity index (χ4v) is 5.42. The highest BCUT2D eigenvalue weighted by atomic mass is 16.5. The first-order valence-electron chi connectivity index (χ1n) is 13.8. The molecule has 3 aromatic heterocycles. The van der Waals surface area contributed by atoms with E-state index < -0.39 is 6.09 Å². The fourth-order valence-electron chi connectivity index (χ4n) is 5.42. The van der Waals surface area contributed by atoms with E-state index in [0.29, 0.717) is 35.4 Å². The van der Waals surface area contributed by atoms with E-state index in [1.54, 1.807) is 24.6 Å². The number of imidazole rings is 1. The zero-order chi connectivity index (χ0) is 27.9. The van der Waals surface area contributed by atoms with Crippen LogP contribution in [0.25, 0.3) is 39.2 Å². The van der Waals surface area contributed by atoms with Crippen molar-refractivity contribution in [2.45, 2.75) is 31.7 Å².